The lowest BCUT2D eigenvalue weighted by atomic mass is 10.3. The first-order valence-electron chi connectivity index (χ1n) is 3.23. The summed E-state index contributed by atoms with van der Waals surface area (Å²) in [5.74, 6) is -0.174. The Morgan fingerprint density at radius 1 is 1.73 bits per heavy atom. The first kappa shape index (κ1) is 10.4. The molecule has 0 aromatic carbocycles. The van der Waals surface area contributed by atoms with E-state index in [-0.39, 0.29) is 11.6 Å². The average Bonchev–Trinajstić information content (AvgIpc) is 1.87. The van der Waals surface area contributed by atoms with Crippen molar-refractivity contribution in [3.8, 4) is 0 Å². The summed E-state index contributed by atoms with van der Waals surface area (Å²) in [5.41, 5.74) is 5.05. The number of hydrogen-bond donors (Lipinski definition) is 3. The predicted octanol–water partition coefficient (Wildman–Crippen LogP) is -0.750. The second kappa shape index (κ2) is 3.68. The Bertz CT molecular complexity index is 234. The molecule has 11 heavy (non-hydrogen) atoms. The van der Waals surface area contributed by atoms with E-state index in [1.165, 1.54) is 13.8 Å². The summed E-state index contributed by atoms with van der Waals surface area (Å²) in [6, 6.07) is -0.611. The molecule has 0 spiro atoms. The standard InChI is InChI=1S/C5H13N3O2S/c1-3-11(9,10)8-4(2)5(6)7/h4,8H,3H2,1-2H3,(H3,6,7). The smallest absolute Gasteiger partial charge is 0.211 e. The largest absolute Gasteiger partial charge is 0.386 e. The minimum atomic E-state index is -3.23. The fourth-order valence-corrected chi connectivity index (χ4v) is 1.25. The summed E-state index contributed by atoms with van der Waals surface area (Å²) in [6.45, 7) is 3.05. The maximum Gasteiger partial charge on any atom is 0.211 e. The summed E-state index contributed by atoms with van der Waals surface area (Å²) < 4.78 is 23.9. The first-order chi connectivity index (χ1) is 4.89. The van der Waals surface area contributed by atoms with Gasteiger partial charge in [0, 0.05) is 0 Å². The molecule has 0 aliphatic heterocycles. The van der Waals surface area contributed by atoms with Crippen molar-refractivity contribution in [1.82, 2.24) is 4.72 Å². The van der Waals surface area contributed by atoms with E-state index in [9.17, 15) is 8.42 Å². The Hall–Kier alpha value is -0.620. The molecule has 5 nitrogen and oxygen atoms in total. The van der Waals surface area contributed by atoms with E-state index in [4.69, 9.17) is 11.1 Å². The molecule has 0 bridgehead atoms. The Labute approximate surface area is 66.5 Å². The van der Waals surface area contributed by atoms with Gasteiger partial charge in [-0.25, -0.2) is 13.1 Å². The quantitative estimate of drug-likeness (QED) is 0.391. The number of sulfonamides is 1. The van der Waals surface area contributed by atoms with Crippen molar-refractivity contribution in [3.63, 3.8) is 0 Å². The van der Waals surface area contributed by atoms with Gasteiger partial charge >= 0.3 is 0 Å². The molecule has 66 valence electrons. The van der Waals surface area contributed by atoms with Crippen LogP contribution in [0.15, 0.2) is 0 Å². The third-order valence-electron chi connectivity index (χ3n) is 1.20. The van der Waals surface area contributed by atoms with Crippen LogP contribution in [0, 0.1) is 5.41 Å². The minimum Gasteiger partial charge on any atom is -0.386 e. The number of nitrogens with one attached hydrogen (secondary N) is 2. The van der Waals surface area contributed by atoms with Crippen LogP contribution in [0.4, 0.5) is 0 Å². The van der Waals surface area contributed by atoms with Crippen LogP contribution in [-0.4, -0.2) is 26.0 Å². The summed E-state index contributed by atoms with van der Waals surface area (Å²) in [7, 11) is -3.23. The van der Waals surface area contributed by atoms with E-state index in [0.29, 0.717) is 0 Å². The zero-order valence-corrected chi connectivity index (χ0v) is 7.40. The van der Waals surface area contributed by atoms with Gasteiger partial charge in [-0.05, 0) is 13.8 Å². The number of nitrogens with two attached hydrogens (primary N) is 1. The van der Waals surface area contributed by atoms with Crippen LogP contribution in [-0.2, 0) is 10.0 Å². The highest BCUT2D eigenvalue weighted by Gasteiger charge is 2.12. The second-order valence-corrected chi connectivity index (χ2v) is 4.24. The van der Waals surface area contributed by atoms with Crippen molar-refractivity contribution in [3.05, 3.63) is 0 Å². The van der Waals surface area contributed by atoms with Gasteiger partial charge in [0.1, 0.15) is 5.84 Å². The van der Waals surface area contributed by atoms with Crippen molar-refractivity contribution in [1.29, 1.82) is 5.41 Å². The summed E-state index contributed by atoms with van der Waals surface area (Å²) in [6.07, 6.45) is 0. The van der Waals surface area contributed by atoms with Gasteiger partial charge in [0.25, 0.3) is 0 Å². The average molecular weight is 179 g/mol. The Balaban J connectivity index is 4.16. The van der Waals surface area contributed by atoms with Gasteiger partial charge in [-0.15, -0.1) is 0 Å². The number of amidine groups is 1. The zero-order chi connectivity index (χ0) is 9.07. The van der Waals surface area contributed by atoms with Crippen LogP contribution in [0.1, 0.15) is 13.8 Å². The molecule has 1 atom stereocenters. The van der Waals surface area contributed by atoms with E-state index in [2.05, 4.69) is 4.72 Å². The molecule has 0 aliphatic rings. The topological polar surface area (TPSA) is 96.0 Å². The number of hydrogen-bond acceptors (Lipinski definition) is 3. The summed E-state index contributed by atoms with van der Waals surface area (Å²) in [4.78, 5) is 0. The lowest BCUT2D eigenvalue weighted by Gasteiger charge is -2.10. The first-order valence-corrected chi connectivity index (χ1v) is 4.88. The molecule has 0 rings (SSSR count). The molecular weight excluding hydrogens is 166 g/mol. The van der Waals surface area contributed by atoms with Crippen molar-refractivity contribution in [2.75, 3.05) is 5.75 Å². The van der Waals surface area contributed by atoms with E-state index in [1.54, 1.807) is 0 Å². The molecule has 0 saturated heterocycles. The fourth-order valence-electron chi connectivity index (χ4n) is 0.416. The predicted molar refractivity (Wildman–Crippen MR) is 44.0 cm³/mol. The van der Waals surface area contributed by atoms with Gasteiger partial charge in [-0.2, -0.15) is 0 Å². The maximum atomic E-state index is 10.9. The zero-order valence-electron chi connectivity index (χ0n) is 6.59. The molecule has 0 aromatic heterocycles. The van der Waals surface area contributed by atoms with Crippen LogP contribution >= 0.6 is 0 Å². The highest BCUT2D eigenvalue weighted by Crippen LogP contribution is 1.87. The molecule has 6 heteroatoms. The van der Waals surface area contributed by atoms with E-state index in [0.717, 1.165) is 0 Å². The lowest BCUT2D eigenvalue weighted by Crippen LogP contribution is -2.42. The van der Waals surface area contributed by atoms with E-state index >= 15 is 0 Å². The molecule has 1 unspecified atom stereocenters. The molecule has 0 saturated carbocycles. The monoisotopic (exact) mass is 179 g/mol. The molecule has 0 heterocycles. The van der Waals surface area contributed by atoms with Gasteiger partial charge in [-0.1, -0.05) is 0 Å². The Kier molecular flexibility index (Phi) is 3.47. The van der Waals surface area contributed by atoms with Crippen LogP contribution < -0.4 is 10.5 Å². The molecule has 0 aliphatic carbocycles. The van der Waals surface area contributed by atoms with Crippen molar-refractivity contribution in [2.45, 2.75) is 19.9 Å². The molecule has 0 aromatic rings. The number of rotatable bonds is 4. The highest BCUT2D eigenvalue weighted by atomic mass is 32.2. The van der Waals surface area contributed by atoms with Crippen molar-refractivity contribution >= 4 is 15.9 Å². The molecule has 4 N–H and O–H groups in total. The molecule has 0 radical (unpaired) electrons. The van der Waals surface area contributed by atoms with Crippen molar-refractivity contribution in [2.24, 2.45) is 5.73 Å². The van der Waals surface area contributed by atoms with Crippen LogP contribution in [0.3, 0.4) is 0 Å². The van der Waals surface area contributed by atoms with Gasteiger partial charge in [-0.3, -0.25) is 5.41 Å². The minimum absolute atomic E-state index is 0.00458. The maximum absolute atomic E-state index is 10.9. The Morgan fingerprint density at radius 3 is 2.45 bits per heavy atom. The molecule has 0 amide bonds. The van der Waals surface area contributed by atoms with Gasteiger partial charge in [0.05, 0.1) is 11.8 Å². The van der Waals surface area contributed by atoms with Gasteiger partial charge in [0.2, 0.25) is 10.0 Å². The highest BCUT2D eigenvalue weighted by molar-refractivity contribution is 7.89. The second-order valence-electron chi connectivity index (χ2n) is 2.20. The van der Waals surface area contributed by atoms with Crippen LogP contribution in [0.2, 0.25) is 0 Å². The normalized spacial score (nSPS) is 14.4. The summed E-state index contributed by atoms with van der Waals surface area (Å²) >= 11 is 0. The van der Waals surface area contributed by atoms with Crippen LogP contribution in [0.5, 0.6) is 0 Å². The van der Waals surface area contributed by atoms with Gasteiger partial charge < -0.3 is 5.73 Å². The van der Waals surface area contributed by atoms with E-state index in [1.807, 2.05) is 0 Å². The van der Waals surface area contributed by atoms with Crippen LogP contribution in [0.25, 0.3) is 0 Å². The molecular formula is C5H13N3O2S. The molecule has 0 fully saturated rings. The van der Waals surface area contributed by atoms with E-state index < -0.39 is 16.1 Å². The Morgan fingerprint density at radius 2 is 2.18 bits per heavy atom. The third-order valence-corrected chi connectivity index (χ3v) is 2.68. The lowest BCUT2D eigenvalue weighted by molar-refractivity contribution is 0.579. The third kappa shape index (κ3) is 3.94. The van der Waals surface area contributed by atoms with Gasteiger partial charge in [0.15, 0.2) is 0 Å². The van der Waals surface area contributed by atoms with Crippen molar-refractivity contribution < 1.29 is 8.42 Å². The fraction of sp³-hybridized carbons (Fsp3) is 0.800. The SMILES string of the molecule is CCS(=O)(=O)NC(C)C(=N)N. The summed E-state index contributed by atoms with van der Waals surface area (Å²) in [5, 5.41) is 6.91.